The fraction of sp³-hybridized carbons (Fsp3) is 0.786. The molecule has 6 nitrogen and oxygen atoms in total. The van der Waals surface area contributed by atoms with Crippen molar-refractivity contribution in [2.75, 3.05) is 39.3 Å². The summed E-state index contributed by atoms with van der Waals surface area (Å²) in [5.74, 6) is 0.594. The molecule has 110 valence electrons. The van der Waals surface area contributed by atoms with Crippen molar-refractivity contribution in [3.05, 3.63) is 0 Å². The van der Waals surface area contributed by atoms with Crippen LogP contribution in [0.1, 0.15) is 25.7 Å². The first kappa shape index (κ1) is 16.4. The molecule has 0 saturated carbocycles. The number of nitrogens with zero attached hydrogens (tertiary/aromatic N) is 4. The third kappa shape index (κ3) is 5.56. The molecule has 1 fully saturated rings. The van der Waals surface area contributed by atoms with Crippen LogP contribution in [0.5, 0.6) is 0 Å². The number of piperidine rings is 1. The van der Waals surface area contributed by atoms with E-state index in [1.165, 1.54) is 0 Å². The molecule has 0 aliphatic carbocycles. The maximum absolute atomic E-state index is 12.2. The van der Waals surface area contributed by atoms with Crippen LogP contribution in [-0.2, 0) is 4.79 Å². The second kappa shape index (κ2) is 9.30. The Morgan fingerprint density at radius 2 is 1.75 bits per heavy atom. The quantitative estimate of drug-likeness (QED) is 0.722. The summed E-state index contributed by atoms with van der Waals surface area (Å²) < 4.78 is 0. The lowest BCUT2D eigenvalue weighted by atomic mass is 9.97. The van der Waals surface area contributed by atoms with E-state index in [-0.39, 0.29) is 5.91 Å². The monoisotopic (exact) mass is 277 g/mol. The lowest BCUT2D eigenvalue weighted by molar-refractivity contribution is -0.132. The van der Waals surface area contributed by atoms with Crippen molar-refractivity contribution >= 4 is 5.91 Å². The summed E-state index contributed by atoms with van der Waals surface area (Å²) in [6.07, 6.45) is 2.71. The standard InChI is InChI=1S/C14H23N5O/c15-5-1-7-19(8-2-6-16)14(20)12-18-9-3-13(11-17)4-10-18/h13H,1-4,7-12,17H2. The van der Waals surface area contributed by atoms with Gasteiger partial charge in [-0.15, -0.1) is 0 Å². The molecule has 1 saturated heterocycles. The van der Waals surface area contributed by atoms with Crippen molar-refractivity contribution in [1.82, 2.24) is 9.80 Å². The lowest BCUT2D eigenvalue weighted by Crippen LogP contribution is -2.44. The highest BCUT2D eigenvalue weighted by molar-refractivity contribution is 5.78. The van der Waals surface area contributed by atoms with Crippen LogP contribution in [0.2, 0.25) is 0 Å². The minimum absolute atomic E-state index is 0.0155. The van der Waals surface area contributed by atoms with E-state index in [0.29, 0.717) is 38.4 Å². The Kier molecular flexibility index (Phi) is 7.64. The molecule has 0 aromatic carbocycles. The topological polar surface area (TPSA) is 97.1 Å². The Morgan fingerprint density at radius 1 is 1.20 bits per heavy atom. The summed E-state index contributed by atoms with van der Waals surface area (Å²) in [5, 5.41) is 17.2. The fourth-order valence-corrected chi connectivity index (χ4v) is 2.40. The van der Waals surface area contributed by atoms with Gasteiger partial charge in [0.05, 0.1) is 31.5 Å². The third-order valence-corrected chi connectivity index (χ3v) is 3.74. The molecule has 0 unspecified atom stereocenters. The summed E-state index contributed by atoms with van der Waals surface area (Å²) >= 11 is 0. The van der Waals surface area contributed by atoms with E-state index in [4.69, 9.17) is 16.3 Å². The molecule has 1 rings (SSSR count). The van der Waals surface area contributed by atoms with Gasteiger partial charge in [0.1, 0.15) is 0 Å². The molecule has 1 aliphatic rings. The van der Waals surface area contributed by atoms with Crippen molar-refractivity contribution in [2.45, 2.75) is 25.7 Å². The van der Waals surface area contributed by atoms with Gasteiger partial charge in [-0.3, -0.25) is 9.69 Å². The number of hydrogen-bond donors (Lipinski definition) is 1. The Labute approximate surface area is 120 Å². The second-order valence-corrected chi connectivity index (χ2v) is 5.15. The average molecular weight is 277 g/mol. The Morgan fingerprint density at radius 3 is 2.20 bits per heavy atom. The van der Waals surface area contributed by atoms with Crippen molar-refractivity contribution in [3.63, 3.8) is 0 Å². The van der Waals surface area contributed by atoms with Crippen LogP contribution in [0.4, 0.5) is 0 Å². The van der Waals surface area contributed by atoms with Crippen molar-refractivity contribution in [2.24, 2.45) is 11.7 Å². The highest BCUT2D eigenvalue weighted by atomic mass is 16.2. The van der Waals surface area contributed by atoms with Crippen LogP contribution in [-0.4, -0.2) is 55.0 Å². The first-order chi connectivity index (χ1) is 9.71. The predicted molar refractivity (Wildman–Crippen MR) is 75.3 cm³/mol. The molecule has 1 aliphatic heterocycles. The first-order valence-corrected chi connectivity index (χ1v) is 7.15. The van der Waals surface area contributed by atoms with Crippen LogP contribution < -0.4 is 5.73 Å². The number of nitriles is 2. The Bertz CT molecular complexity index is 358. The molecule has 0 aromatic heterocycles. The maximum Gasteiger partial charge on any atom is 0.236 e. The van der Waals surface area contributed by atoms with Crippen LogP contribution in [0.15, 0.2) is 0 Å². The summed E-state index contributed by atoms with van der Waals surface area (Å²) in [6, 6.07) is 4.08. The SMILES string of the molecule is N#CCCN(CCC#N)C(=O)CN1CCC(CN)CC1. The molecule has 0 aromatic rings. The van der Waals surface area contributed by atoms with E-state index >= 15 is 0 Å². The first-order valence-electron chi connectivity index (χ1n) is 7.15. The van der Waals surface area contributed by atoms with Gasteiger partial charge < -0.3 is 10.6 Å². The average Bonchev–Trinajstić information content (AvgIpc) is 2.48. The van der Waals surface area contributed by atoms with Crippen molar-refractivity contribution in [3.8, 4) is 12.1 Å². The summed E-state index contributed by atoms with van der Waals surface area (Å²) in [6.45, 7) is 3.73. The van der Waals surface area contributed by atoms with Crippen molar-refractivity contribution < 1.29 is 4.79 Å². The summed E-state index contributed by atoms with van der Waals surface area (Å²) in [7, 11) is 0. The van der Waals surface area contributed by atoms with E-state index in [2.05, 4.69) is 4.90 Å². The number of rotatable bonds is 7. The molecule has 2 N–H and O–H groups in total. The molecule has 0 radical (unpaired) electrons. The number of carbonyl (C=O) groups is 1. The molecule has 1 amide bonds. The smallest absolute Gasteiger partial charge is 0.236 e. The Hall–Kier alpha value is -1.63. The minimum Gasteiger partial charge on any atom is -0.340 e. The number of likely N-dealkylation sites (tertiary alicyclic amines) is 1. The number of nitrogens with two attached hydrogens (primary N) is 1. The van der Waals surface area contributed by atoms with E-state index < -0.39 is 0 Å². The maximum atomic E-state index is 12.2. The Balaban J connectivity index is 2.41. The molecular formula is C14H23N5O. The van der Waals surface area contributed by atoms with E-state index in [9.17, 15) is 4.79 Å². The van der Waals surface area contributed by atoms with Gasteiger partial charge in [-0.05, 0) is 38.4 Å². The molecule has 0 spiro atoms. The number of carbonyl (C=O) groups excluding carboxylic acids is 1. The van der Waals surface area contributed by atoms with Gasteiger partial charge in [0.15, 0.2) is 0 Å². The zero-order chi connectivity index (χ0) is 14.8. The zero-order valence-electron chi connectivity index (χ0n) is 11.9. The van der Waals surface area contributed by atoms with Gasteiger partial charge in [-0.1, -0.05) is 0 Å². The van der Waals surface area contributed by atoms with Crippen LogP contribution in [0, 0.1) is 28.6 Å². The van der Waals surface area contributed by atoms with Crippen LogP contribution >= 0.6 is 0 Å². The number of hydrogen-bond acceptors (Lipinski definition) is 5. The van der Waals surface area contributed by atoms with Crippen LogP contribution in [0.25, 0.3) is 0 Å². The van der Waals surface area contributed by atoms with Crippen LogP contribution in [0.3, 0.4) is 0 Å². The highest BCUT2D eigenvalue weighted by Crippen LogP contribution is 2.15. The third-order valence-electron chi connectivity index (χ3n) is 3.74. The molecular weight excluding hydrogens is 254 g/mol. The fourth-order valence-electron chi connectivity index (χ4n) is 2.40. The molecule has 0 bridgehead atoms. The van der Waals surface area contributed by atoms with Gasteiger partial charge in [0.2, 0.25) is 5.91 Å². The molecule has 20 heavy (non-hydrogen) atoms. The summed E-state index contributed by atoms with van der Waals surface area (Å²) in [5.41, 5.74) is 5.65. The molecule has 6 heteroatoms. The highest BCUT2D eigenvalue weighted by Gasteiger charge is 2.22. The lowest BCUT2D eigenvalue weighted by Gasteiger charge is -2.32. The van der Waals surface area contributed by atoms with E-state index in [1.807, 2.05) is 12.1 Å². The number of amides is 1. The van der Waals surface area contributed by atoms with Gasteiger partial charge in [-0.25, -0.2) is 0 Å². The minimum atomic E-state index is 0.0155. The van der Waals surface area contributed by atoms with Gasteiger partial charge >= 0.3 is 0 Å². The van der Waals surface area contributed by atoms with E-state index in [0.717, 1.165) is 32.5 Å². The van der Waals surface area contributed by atoms with Gasteiger partial charge in [-0.2, -0.15) is 10.5 Å². The zero-order valence-corrected chi connectivity index (χ0v) is 11.9. The van der Waals surface area contributed by atoms with E-state index in [1.54, 1.807) is 4.90 Å². The van der Waals surface area contributed by atoms with Gasteiger partial charge in [0.25, 0.3) is 0 Å². The molecule has 0 atom stereocenters. The molecule has 1 heterocycles. The summed E-state index contributed by atoms with van der Waals surface area (Å²) in [4.78, 5) is 16.0. The van der Waals surface area contributed by atoms with Gasteiger partial charge in [0, 0.05) is 13.1 Å². The largest absolute Gasteiger partial charge is 0.340 e. The normalized spacial score (nSPS) is 16.4. The second-order valence-electron chi connectivity index (χ2n) is 5.15. The van der Waals surface area contributed by atoms with Crippen molar-refractivity contribution in [1.29, 1.82) is 10.5 Å². The predicted octanol–water partition coefficient (Wildman–Crippen LogP) is 0.313.